The number of hydrogen-bond donors (Lipinski definition) is 1. The molecule has 3 rings (SSSR count). The highest BCUT2D eigenvalue weighted by atomic mass is 32.2. The maximum absolute atomic E-state index is 12.6. The molecular formula is C16H20F3N3O4S. The summed E-state index contributed by atoms with van der Waals surface area (Å²) < 4.78 is 66.8. The van der Waals surface area contributed by atoms with Gasteiger partial charge in [-0.2, -0.15) is 4.31 Å². The van der Waals surface area contributed by atoms with Crippen molar-refractivity contribution in [2.75, 3.05) is 32.7 Å². The van der Waals surface area contributed by atoms with Crippen LogP contribution in [0.1, 0.15) is 12.8 Å². The third kappa shape index (κ3) is 5.56. The van der Waals surface area contributed by atoms with E-state index in [9.17, 15) is 26.4 Å². The van der Waals surface area contributed by atoms with E-state index in [1.807, 2.05) is 4.90 Å². The van der Waals surface area contributed by atoms with E-state index >= 15 is 0 Å². The Bertz CT molecular complexity index is 771. The van der Waals surface area contributed by atoms with Gasteiger partial charge in [0.05, 0.1) is 11.4 Å². The minimum absolute atomic E-state index is 0.0611. The summed E-state index contributed by atoms with van der Waals surface area (Å²) in [6.45, 7) is 1.47. The van der Waals surface area contributed by atoms with Crippen molar-refractivity contribution in [3.8, 4) is 5.75 Å². The third-order valence-electron chi connectivity index (χ3n) is 4.34. The molecule has 1 aliphatic heterocycles. The number of amides is 1. The molecule has 7 nitrogen and oxygen atoms in total. The number of halogens is 3. The number of benzene rings is 1. The van der Waals surface area contributed by atoms with Crippen LogP contribution in [-0.2, 0) is 14.8 Å². The zero-order valence-corrected chi connectivity index (χ0v) is 15.2. The Kier molecular flexibility index (Phi) is 5.63. The van der Waals surface area contributed by atoms with Crippen molar-refractivity contribution in [2.24, 2.45) is 0 Å². The van der Waals surface area contributed by atoms with Crippen LogP contribution in [0.3, 0.4) is 0 Å². The zero-order chi connectivity index (χ0) is 19.7. The highest BCUT2D eigenvalue weighted by Crippen LogP contribution is 2.25. The number of sulfonamides is 1. The van der Waals surface area contributed by atoms with E-state index in [1.54, 1.807) is 0 Å². The van der Waals surface area contributed by atoms with Crippen LogP contribution in [0, 0.1) is 0 Å². The zero-order valence-electron chi connectivity index (χ0n) is 14.4. The fourth-order valence-corrected chi connectivity index (χ4v) is 4.22. The molecule has 1 aliphatic carbocycles. The van der Waals surface area contributed by atoms with Crippen LogP contribution in [0.4, 0.5) is 13.2 Å². The summed E-state index contributed by atoms with van der Waals surface area (Å²) in [5.41, 5.74) is 0. The average Bonchev–Trinajstić information content (AvgIpc) is 3.38. The molecule has 1 amide bonds. The number of rotatable bonds is 6. The van der Waals surface area contributed by atoms with Gasteiger partial charge in [0.2, 0.25) is 15.9 Å². The van der Waals surface area contributed by atoms with Crippen LogP contribution in [-0.4, -0.2) is 68.7 Å². The SMILES string of the molecule is O=C(CN1CCN(S(=O)(=O)c2ccc(OC(F)(F)F)cc2)CC1)NC1CC1. The minimum Gasteiger partial charge on any atom is -0.406 e. The molecule has 1 aromatic rings. The van der Waals surface area contributed by atoms with Gasteiger partial charge in [0, 0.05) is 32.2 Å². The first kappa shape index (κ1) is 19.9. The summed E-state index contributed by atoms with van der Waals surface area (Å²) >= 11 is 0. The van der Waals surface area contributed by atoms with Crippen LogP contribution in [0.15, 0.2) is 29.2 Å². The van der Waals surface area contributed by atoms with Gasteiger partial charge in [-0.3, -0.25) is 9.69 Å². The Balaban J connectivity index is 1.55. The number of carbonyl (C=O) groups is 1. The van der Waals surface area contributed by atoms with Crippen LogP contribution in [0.25, 0.3) is 0 Å². The van der Waals surface area contributed by atoms with Crippen molar-refractivity contribution < 1.29 is 31.1 Å². The summed E-state index contributed by atoms with van der Waals surface area (Å²) in [6, 6.07) is 4.40. The van der Waals surface area contributed by atoms with Crippen LogP contribution < -0.4 is 10.1 Å². The summed E-state index contributed by atoms with van der Waals surface area (Å²) in [6.07, 6.45) is -2.82. The Hall–Kier alpha value is -1.85. The number of carbonyl (C=O) groups excluding carboxylic acids is 1. The molecule has 1 aromatic carbocycles. The predicted molar refractivity (Wildman–Crippen MR) is 89.5 cm³/mol. The Morgan fingerprint density at radius 3 is 2.22 bits per heavy atom. The normalized spacial score (nSPS) is 19.7. The molecule has 0 bridgehead atoms. The molecule has 2 aliphatic rings. The third-order valence-corrected chi connectivity index (χ3v) is 6.25. The van der Waals surface area contributed by atoms with E-state index < -0.39 is 22.1 Å². The van der Waals surface area contributed by atoms with Gasteiger partial charge in [0.1, 0.15) is 5.75 Å². The molecule has 0 aromatic heterocycles. The first-order valence-electron chi connectivity index (χ1n) is 8.51. The topological polar surface area (TPSA) is 79.0 Å². The van der Waals surface area contributed by atoms with E-state index in [1.165, 1.54) is 4.31 Å². The van der Waals surface area contributed by atoms with Crippen LogP contribution in [0.5, 0.6) is 5.75 Å². The lowest BCUT2D eigenvalue weighted by Gasteiger charge is -2.33. The number of nitrogens with zero attached hydrogens (tertiary/aromatic N) is 2. The lowest BCUT2D eigenvalue weighted by Crippen LogP contribution is -2.51. The molecule has 1 saturated carbocycles. The van der Waals surface area contributed by atoms with Gasteiger partial charge >= 0.3 is 6.36 Å². The summed E-state index contributed by atoms with van der Waals surface area (Å²) in [4.78, 5) is 13.6. The van der Waals surface area contributed by atoms with Gasteiger partial charge in [-0.05, 0) is 37.1 Å². The lowest BCUT2D eigenvalue weighted by molar-refractivity contribution is -0.274. The predicted octanol–water partition coefficient (Wildman–Crippen LogP) is 1.17. The molecule has 1 N–H and O–H groups in total. The Morgan fingerprint density at radius 1 is 1.11 bits per heavy atom. The first-order chi connectivity index (χ1) is 12.6. The minimum atomic E-state index is -4.83. The van der Waals surface area contributed by atoms with E-state index in [0.717, 1.165) is 37.1 Å². The molecule has 0 unspecified atom stereocenters. The Morgan fingerprint density at radius 2 is 1.70 bits per heavy atom. The average molecular weight is 407 g/mol. The molecule has 0 radical (unpaired) electrons. The molecule has 0 atom stereocenters. The van der Waals surface area contributed by atoms with Crippen molar-refractivity contribution in [3.63, 3.8) is 0 Å². The molecule has 1 saturated heterocycles. The number of alkyl halides is 3. The molecule has 2 fully saturated rings. The second kappa shape index (κ2) is 7.64. The quantitative estimate of drug-likeness (QED) is 0.766. The maximum Gasteiger partial charge on any atom is 0.573 e. The number of hydrogen-bond acceptors (Lipinski definition) is 5. The number of piperazine rings is 1. The fraction of sp³-hybridized carbons (Fsp3) is 0.562. The van der Waals surface area contributed by atoms with Crippen molar-refractivity contribution >= 4 is 15.9 Å². The van der Waals surface area contributed by atoms with Gasteiger partial charge in [0.15, 0.2) is 0 Å². The monoisotopic (exact) mass is 407 g/mol. The van der Waals surface area contributed by atoms with Crippen molar-refractivity contribution in [1.29, 1.82) is 0 Å². The second-order valence-corrected chi connectivity index (χ2v) is 8.48. The summed E-state index contributed by atoms with van der Waals surface area (Å²) in [7, 11) is -3.81. The van der Waals surface area contributed by atoms with Crippen LogP contribution in [0.2, 0.25) is 0 Å². The van der Waals surface area contributed by atoms with Crippen molar-refractivity contribution in [2.45, 2.75) is 30.1 Å². The first-order valence-corrected chi connectivity index (χ1v) is 9.95. The van der Waals surface area contributed by atoms with E-state index in [2.05, 4.69) is 10.1 Å². The van der Waals surface area contributed by atoms with Gasteiger partial charge in [0.25, 0.3) is 0 Å². The summed E-state index contributed by atoms with van der Waals surface area (Å²) in [5.74, 6) is -0.540. The molecule has 1 heterocycles. The van der Waals surface area contributed by atoms with Crippen molar-refractivity contribution in [3.05, 3.63) is 24.3 Å². The molecular weight excluding hydrogens is 387 g/mol. The summed E-state index contributed by atoms with van der Waals surface area (Å²) in [5, 5.41) is 2.89. The fourth-order valence-electron chi connectivity index (χ4n) is 2.79. The number of nitrogens with one attached hydrogen (secondary N) is 1. The smallest absolute Gasteiger partial charge is 0.406 e. The van der Waals surface area contributed by atoms with Crippen molar-refractivity contribution in [1.82, 2.24) is 14.5 Å². The lowest BCUT2D eigenvalue weighted by atomic mass is 10.3. The number of ether oxygens (including phenoxy) is 1. The molecule has 11 heteroatoms. The Labute approximate surface area is 155 Å². The second-order valence-electron chi connectivity index (χ2n) is 6.54. The van der Waals surface area contributed by atoms with Gasteiger partial charge in [-0.25, -0.2) is 8.42 Å². The van der Waals surface area contributed by atoms with E-state index in [-0.39, 0.29) is 36.5 Å². The molecule has 27 heavy (non-hydrogen) atoms. The highest BCUT2D eigenvalue weighted by molar-refractivity contribution is 7.89. The molecule has 150 valence electrons. The largest absolute Gasteiger partial charge is 0.573 e. The standard InChI is InChI=1S/C16H20F3N3O4S/c17-16(18,19)26-13-3-5-14(6-4-13)27(24,25)22-9-7-21(8-10-22)11-15(23)20-12-1-2-12/h3-6,12H,1-2,7-11H2,(H,20,23). The maximum atomic E-state index is 12.6. The van der Waals surface area contributed by atoms with E-state index in [0.29, 0.717) is 13.1 Å². The molecule has 0 spiro atoms. The van der Waals surface area contributed by atoms with Crippen LogP contribution >= 0.6 is 0 Å². The van der Waals surface area contributed by atoms with Gasteiger partial charge in [-0.1, -0.05) is 0 Å². The van der Waals surface area contributed by atoms with Gasteiger partial charge in [-0.15, -0.1) is 13.2 Å². The highest BCUT2D eigenvalue weighted by Gasteiger charge is 2.32. The van der Waals surface area contributed by atoms with E-state index in [4.69, 9.17) is 0 Å². The van der Waals surface area contributed by atoms with Gasteiger partial charge < -0.3 is 10.1 Å².